The molecule has 9 heteroatoms. The highest BCUT2D eigenvalue weighted by atomic mass is 16.7. The molecular weight excluding hydrogens is 350 g/mol. The van der Waals surface area contributed by atoms with E-state index >= 15 is 0 Å². The summed E-state index contributed by atoms with van der Waals surface area (Å²) in [5, 5.41) is 9.60. The third kappa shape index (κ3) is 3.81. The lowest BCUT2D eigenvalue weighted by atomic mass is 10.2. The number of rotatable bonds is 5. The lowest BCUT2D eigenvalue weighted by molar-refractivity contribution is 0.0945. The average Bonchev–Trinajstić information content (AvgIpc) is 3.27. The van der Waals surface area contributed by atoms with Gasteiger partial charge in [0.05, 0.1) is 0 Å². The normalized spacial score (nSPS) is 12.1. The quantitative estimate of drug-likeness (QED) is 0.707. The molecule has 0 unspecified atom stereocenters. The van der Waals surface area contributed by atoms with Crippen molar-refractivity contribution in [3.8, 4) is 11.5 Å². The lowest BCUT2D eigenvalue weighted by Gasteiger charge is -2.08. The number of nitrogens with one attached hydrogen (secondary N) is 2. The van der Waals surface area contributed by atoms with Crippen molar-refractivity contribution < 1.29 is 18.8 Å². The van der Waals surface area contributed by atoms with Gasteiger partial charge in [0, 0.05) is 18.3 Å². The Labute approximate surface area is 154 Å². The maximum Gasteiger partial charge on any atom is 0.270 e. The number of hydrogen-bond acceptors (Lipinski definition) is 8. The lowest BCUT2D eigenvalue weighted by Crippen LogP contribution is -2.24. The summed E-state index contributed by atoms with van der Waals surface area (Å²) in [5.74, 6) is 2.48. The first-order chi connectivity index (χ1) is 13.1. The van der Waals surface area contributed by atoms with Crippen molar-refractivity contribution >= 4 is 17.7 Å². The summed E-state index contributed by atoms with van der Waals surface area (Å²) in [6.07, 6.45) is 0. The van der Waals surface area contributed by atoms with E-state index in [1.807, 2.05) is 18.2 Å². The van der Waals surface area contributed by atoms with Gasteiger partial charge in [0.1, 0.15) is 11.5 Å². The number of aryl methyl sites for hydroxylation is 2. The predicted octanol–water partition coefficient (Wildman–Crippen LogP) is 2.48. The van der Waals surface area contributed by atoms with Gasteiger partial charge in [-0.15, -0.1) is 0 Å². The Hall–Kier alpha value is -3.62. The van der Waals surface area contributed by atoms with Gasteiger partial charge in [-0.3, -0.25) is 4.79 Å². The molecule has 4 rings (SSSR count). The van der Waals surface area contributed by atoms with Crippen LogP contribution in [0.25, 0.3) is 0 Å². The van der Waals surface area contributed by atoms with Crippen molar-refractivity contribution in [2.75, 3.05) is 12.1 Å². The van der Waals surface area contributed by atoms with Gasteiger partial charge in [0.2, 0.25) is 12.7 Å². The molecule has 0 radical (unpaired) electrons. The maximum atomic E-state index is 12.5. The zero-order chi connectivity index (χ0) is 18.8. The molecule has 0 saturated carbocycles. The second-order valence-electron chi connectivity index (χ2n) is 6.04. The fraction of sp³-hybridized carbons (Fsp3) is 0.222. The van der Waals surface area contributed by atoms with Gasteiger partial charge in [0.15, 0.2) is 17.3 Å². The average molecular weight is 367 g/mol. The number of amides is 1. The Kier molecular flexibility index (Phi) is 4.33. The Morgan fingerprint density at radius 3 is 2.78 bits per heavy atom. The van der Waals surface area contributed by atoms with Crippen LogP contribution in [0.2, 0.25) is 0 Å². The minimum Gasteiger partial charge on any atom is -0.454 e. The summed E-state index contributed by atoms with van der Waals surface area (Å²) in [5.41, 5.74) is 1.81. The second-order valence-corrected chi connectivity index (χ2v) is 6.04. The van der Waals surface area contributed by atoms with E-state index in [4.69, 9.17) is 14.0 Å². The molecule has 0 spiro atoms. The molecule has 0 saturated heterocycles. The molecule has 3 heterocycles. The van der Waals surface area contributed by atoms with Crippen molar-refractivity contribution in [2.45, 2.75) is 20.4 Å². The summed E-state index contributed by atoms with van der Waals surface area (Å²) in [4.78, 5) is 21.0. The summed E-state index contributed by atoms with van der Waals surface area (Å²) in [6.45, 7) is 4.12. The largest absolute Gasteiger partial charge is 0.454 e. The number of anilines is 2. The fourth-order valence-corrected chi connectivity index (χ4v) is 2.60. The SMILES string of the molecule is Cc1cc(C(=O)NCc2ccc3c(c2)OCO3)nc(Nc2cc(C)on2)n1. The highest BCUT2D eigenvalue weighted by Crippen LogP contribution is 2.32. The molecule has 1 aromatic carbocycles. The van der Waals surface area contributed by atoms with Gasteiger partial charge >= 0.3 is 0 Å². The van der Waals surface area contributed by atoms with E-state index in [0.717, 1.165) is 5.56 Å². The number of hydrogen-bond donors (Lipinski definition) is 2. The van der Waals surface area contributed by atoms with E-state index in [2.05, 4.69) is 25.8 Å². The van der Waals surface area contributed by atoms with E-state index in [9.17, 15) is 4.79 Å². The molecule has 0 atom stereocenters. The third-order valence-electron chi connectivity index (χ3n) is 3.84. The molecule has 2 N–H and O–H groups in total. The fourth-order valence-electron chi connectivity index (χ4n) is 2.60. The van der Waals surface area contributed by atoms with Crippen LogP contribution in [0.5, 0.6) is 11.5 Å². The molecule has 1 aliphatic heterocycles. The van der Waals surface area contributed by atoms with Crippen LogP contribution in [-0.4, -0.2) is 27.8 Å². The minimum absolute atomic E-state index is 0.214. The number of benzene rings is 1. The number of carbonyl (C=O) groups is 1. The Morgan fingerprint density at radius 1 is 1.11 bits per heavy atom. The standard InChI is InChI=1S/C18H17N5O4/c1-10-5-13(21-18(20-10)22-16-6-11(2)27-23-16)17(24)19-8-12-3-4-14-15(7-12)26-9-25-14/h3-7H,8-9H2,1-2H3,(H,19,24)(H,20,21,22,23). The Bertz CT molecular complexity index is 1000. The first-order valence-electron chi connectivity index (χ1n) is 8.29. The topological polar surface area (TPSA) is 111 Å². The number of aromatic nitrogens is 3. The molecule has 1 amide bonds. The Morgan fingerprint density at radius 2 is 1.96 bits per heavy atom. The van der Waals surface area contributed by atoms with E-state index in [0.29, 0.717) is 35.3 Å². The predicted molar refractivity (Wildman–Crippen MR) is 95.0 cm³/mol. The Balaban J connectivity index is 1.45. The molecule has 0 aliphatic carbocycles. The second kappa shape index (κ2) is 6.94. The van der Waals surface area contributed by atoms with Crippen LogP contribution in [-0.2, 0) is 6.54 Å². The molecule has 138 valence electrons. The minimum atomic E-state index is -0.308. The van der Waals surface area contributed by atoms with Crippen molar-refractivity contribution in [2.24, 2.45) is 0 Å². The third-order valence-corrected chi connectivity index (χ3v) is 3.84. The van der Waals surface area contributed by atoms with E-state index < -0.39 is 0 Å². The van der Waals surface area contributed by atoms with Crippen LogP contribution >= 0.6 is 0 Å². The van der Waals surface area contributed by atoms with Crippen LogP contribution in [0.3, 0.4) is 0 Å². The zero-order valence-electron chi connectivity index (χ0n) is 14.8. The summed E-state index contributed by atoms with van der Waals surface area (Å²) < 4.78 is 15.6. The smallest absolute Gasteiger partial charge is 0.270 e. The van der Waals surface area contributed by atoms with E-state index in [1.165, 1.54) is 0 Å². The molecule has 27 heavy (non-hydrogen) atoms. The highest BCUT2D eigenvalue weighted by Gasteiger charge is 2.15. The van der Waals surface area contributed by atoms with Gasteiger partial charge in [-0.05, 0) is 37.6 Å². The first-order valence-corrected chi connectivity index (χ1v) is 8.29. The summed E-state index contributed by atoms with van der Waals surface area (Å²) >= 11 is 0. The van der Waals surface area contributed by atoms with Crippen LogP contribution in [0, 0.1) is 13.8 Å². The molecule has 0 fully saturated rings. The van der Waals surface area contributed by atoms with Crippen molar-refractivity contribution in [1.82, 2.24) is 20.4 Å². The molecule has 3 aromatic rings. The van der Waals surface area contributed by atoms with E-state index in [1.54, 1.807) is 26.0 Å². The zero-order valence-corrected chi connectivity index (χ0v) is 14.8. The summed E-state index contributed by atoms with van der Waals surface area (Å²) in [7, 11) is 0. The van der Waals surface area contributed by atoms with Gasteiger partial charge in [-0.2, -0.15) is 0 Å². The van der Waals surface area contributed by atoms with Crippen molar-refractivity contribution in [3.63, 3.8) is 0 Å². The first kappa shape index (κ1) is 16.8. The molecule has 9 nitrogen and oxygen atoms in total. The molecular formula is C18H17N5O4. The van der Waals surface area contributed by atoms with Crippen LogP contribution < -0.4 is 20.1 Å². The van der Waals surface area contributed by atoms with Gasteiger partial charge in [0.25, 0.3) is 5.91 Å². The molecule has 1 aliphatic rings. The monoisotopic (exact) mass is 367 g/mol. The highest BCUT2D eigenvalue weighted by molar-refractivity contribution is 5.92. The number of nitrogens with zero attached hydrogens (tertiary/aromatic N) is 3. The van der Waals surface area contributed by atoms with Gasteiger partial charge < -0.3 is 24.6 Å². The van der Waals surface area contributed by atoms with Gasteiger partial charge in [-0.25, -0.2) is 9.97 Å². The molecule has 2 aromatic heterocycles. The van der Waals surface area contributed by atoms with Crippen molar-refractivity contribution in [1.29, 1.82) is 0 Å². The number of carbonyl (C=O) groups excluding carboxylic acids is 1. The maximum absolute atomic E-state index is 12.5. The van der Waals surface area contributed by atoms with Crippen LogP contribution in [0.1, 0.15) is 27.5 Å². The number of fused-ring (bicyclic) bond motifs is 1. The van der Waals surface area contributed by atoms with Crippen LogP contribution in [0.15, 0.2) is 34.9 Å². The summed E-state index contributed by atoms with van der Waals surface area (Å²) in [6, 6.07) is 8.87. The van der Waals surface area contributed by atoms with Gasteiger partial charge in [-0.1, -0.05) is 11.2 Å². The molecule has 0 bridgehead atoms. The van der Waals surface area contributed by atoms with Crippen molar-refractivity contribution in [3.05, 3.63) is 53.0 Å². The van der Waals surface area contributed by atoms with Crippen LogP contribution in [0.4, 0.5) is 11.8 Å². The number of ether oxygens (including phenoxy) is 2. The van der Waals surface area contributed by atoms with E-state index in [-0.39, 0.29) is 24.3 Å².